The summed E-state index contributed by atoms with van der Waals surface area (Å²) in [7, 11) is 0. The van der Waals surface area contributed by atoms with Gasteiger partial charge in [0.25, 0.3) is 5.91 Å². The van der Waals surface area contributed by atoms with Gasteiger partial charge in [0, 0.05) is 6.54 Å². The smallest absolute Gasteiger partial charge is 0.256 e. The molecule has 1 aromatic rings. The van der Waals surface area contributed by atoms with Gasteiger partial charge >= 0.3 is 0 Å². The monoisotopic (exact) mass is 423 g/mol. The molecule has 6 nitrogen and oxygen atoms in total. The van der Waals surface area contributed by atoms with Crippen LogP contribution in [0.1, 0.15) is 58.3 Å². The lowest BCUT2D eigenvalue weighted by Crippen LogP contribution is -2.59. The molecule has 2 atom stereocenters. The minimum Gasteiger partial charge on any atom is -0.329 e. The highest BCUT2D eigenvalue weighted by Gasteiger charge is 2.57. The SMILES string of the molecule is C[C@H](N)C(=O)N1CCC[C@H]1C(=O)N(C(=O)C12CC3CC(CC(C3)C1)C2)c1ccccc1. The van der Waals surface area contributed by atoms with E-state index >= 15 is 0 Å². The van der Waals surface area contributed by atoms with Crippen LogP contribution in [0.2, 0.25) is 0 Å². The molecule has 0 unspecified atom stereocenters. The first-order chi connectivity index (χ1) is 14.9. The third-order valence-electron chi connectivity index (χ3n) is 8.14. The second-order valence-electron chi connectivity index (χ2n) is 10.5. The molecular weight excluding hydrogens is 390 g/mol. The molecule has 2 N–H and O–H groups in total. The van der Waals surface area contributed by atoms with Crippen LogP contribution in [0.25, 0.3) is 0 Å². The number of carbonyl (C=O) groups is 3. The first-order valence-electron chi connectivity index (χ1n) is 11.9. The third-order valence-corrected chi connectivity index (χ3v) is 8.14. The number of imide groups is 1. The van der Waals surface area contributed by atoms with Crippen molar-refractivity contribution in [2.45, 2.75) is 70.4 Å². The Bertz CT molecular complexity index is 846. The standard InChI is InChI=1S/C25H33N3O3/c1-16(26)22(29)27-9-5-8-21(27)23(30)28(20-6-3-2-4-7-20)24(31)25-13-17-10-18(14-25)12-19(11-17)15-25/h2-4,6-7,16-19,21H,5,8-15,26H2,1H3/t16-,17?,18?,19?,21-,25?/m0/s1. The summed E-state index contributed by atoms with van der Waals surface area (Å²) in [4.78, 5) is 43.8. The second-order valence-corrected chi connectivity index (χ2v) is 10.5. The molecule has 4 bridgehead atoms. The van der Waals surface area contributed by atoms with Gasteiger partial charge in [0.05, 0.1) is 17.1 Å². The van der Waals surface area contributed by atoms with Crippen LogP contribution in [0, 0.1) is 23.2 Å². The average Bonchev–Trinajstić information content (AvgIpc) is 3.23. The van der Waals surface area contributed by atoms with Crippen molar-refractivity contribution in [1.82, 2.24) is 4.90 Å². The topological polar surface area (TPSA) is 83.7 Å². The molecule has 166 valence electrons. The molecule has 6 heteroatoms. The van der Waals surface area contributed by atoms with Gasteiger partial charge in [0.1, 0.15) is 6.04 Å². The Morgan fingerprint density at radius 3 is 2.16 bits per heavy atom. The molecule has 1 aliphatic heterocycles. The predicted molar refractivity (Wildman–Crippen MR) is 118 cm³/mol. The van der Waals surface area contributed by atoms with E-state index in [1.54, 1.807) is 11.8 Å². The fourth-order valence-corrected chi connectivity index (χ4v) is 7.23. The first kappa shape index (κ1) is 20.7. The highest BCUT2D eigenvalue weighted by molar-refractivity contribution is 6.19. The lowest BCUT2D eigenvalue weighted by molar-refractivity contribution is -0.148. The molecular formula is C25H33N3O3. The Kier molecular flexibility index (Phi) is 5.16. The second kappa shape index (κ2) is 7.73. The summed E-state index contributed by atoms with van der Waals surface area (Å²) in [6.07, 6.45) is 7.77. The number of rotatable bonds is 4. The van der Waals surface area contributed by atoms with Gasteiger partial charge in [0.2, 0.25) is 11.8 Å². The summed E-state index contributed by atoms with van der Waals surface area (Å²) in [6.45, 7) is 2.17. The van der Waals surface area contributed by atoms with E-state index in [2.05, 4.69) is 0 Å². The molecule has 4 saturated carbocycles. The van der Waals surface area contributed by atoms with E-state index < -0.39 is 17.5 Å². The molecule has 5 aliphatic rings. The Morgan fingerprint density at radius 1 is 1.03 bits per heavy atom. The highest BCUT2D eigenvalue weighted by atomic mass is 16.2. The molecule has 1 saturated heterocycles. The maximum absolute atomic E-state index is 14.2. The van der Waals surface area contributed by atoms with Gasteiger partial charge in [-0.15, -0.1) is 0 Å². The van der Waals surface area contributed by atoms with E-state index in [-0.39, 0.29) is 17.7 Å². The molecule has 3 amide bonds. The Balaban J connectivity index is 1.49. The number of hydrogen-bond donors (Lipinski definition) is 1. The van der Waals surface area contributed by atoms with Gasteiger partial charge in [0.15, 0.2) is 0 Å². The van der Waals surface area contributed by atoms with Crippen molar-refractivity contribution in [3.05, 3.63) is 30.3 Å². The van der Waals surface area contributed by atoms with Crippen molar-refractivity contribution >= 4 is 23.4 Å². The van der Waals surface area contributed by atoms with E-state index in [4.69, 9.17) is 5.73 Å². The predicted octanol–water partition coefficient (Wildman–Crippen LogP) is 3.10. The minimum absolute atomic E-state index is 0.0390. The van der Waals surface area contributed by atoms with Crippen molar-refractivity contribution in [2.24, 2.45) is 28.9 Å². The van der Waals surface area contributed by atoms with Gasteiger partial charge in [-0.05, 0) is 88.2 Å². The van der Waals surface area contributed by atoms with Crippen LogP contribution in [-0.4, -0.2) is 41.2 Å². The van der Waals surface area contributed by atoms with Crippen LogP contribution in [0.5, 0.6) is 0 Å². The number of benzene rings is 1. The zero-order chi connectivity index (χ0) is 21.8. The van der Waals surface area contributed by atoms with Crippen LogP contribution < -0.4 is 10.6 Å². The average molecular weight is 424 g/mol. The summed E-state index contributed by atoms with van der Waals surface area (Å²) in [6, 6.07) is 8.02. The molecule has 0 aromatic heterocycles. The Labute approximate surface area is 184 Å². The number of amides is 3. The van der Waals surface area contributed by atoms with Crippen LogP contribution >= 0.6 is 0 Å². The molecule has 1 heterocycles. The summed E-state index contributed by atoms with van der Waals surface area (Å²) in [5.74, 6) is 1.33. The van der Waals surface area contributed by atoms with Crippen LogP contribution in [0.15, 0.2) is 30.3 Å². The minimum atomic E-state index is -0.655. The zero-order valence-corrected chi connectivity index (χ0v) is 18.3. The number of hydrogen-bond acceptors (Lipinski definition) is 4. The van der Waals surface area contributed by atoms with Gasteiger partial charge < -0.3 is 10.6 Å². The maximum Gasteiger partial charge on any atom is 0.256 e. The number of para-hydroxylation sites is 1. The van der Waals surface area contributed by atoms with Gasteiger partial charge in [-0.25, -0.2) is 4.90 Å². The van der Waals surface area contributed by atoms with Crippen LogP contribution in [0.3, 0.4) is 0 Å². The van der Waals surface area contributed by atoms with Crippen LogP contribution in [-0.2, 0) is 14.4 Å². The molecule has 31 heavy (non-hydrogen) atoms. The van der Waals surface area contributed by atoms with E-state index in [9.17, 15) is 14.4 Å². The van der Waals surface area contributed by atoms with E-state index in [1.807, 2.05) is 30.3 Å². The molecule has 6 rings (SSSR count). The normalized spacial score (nSPS) is 34.6. The molecule has 1 aromatic carbocycles. The van der Waals surface area contributed by atoms with E-state index in [1.165, 1.54) is 24.2 Å². The van der Waals surface area contributed by atoms with Crippen molar-refractivity contribution < 1.29 is 14.4 Å². The largest absolute Gasteiger partial charge is 0.329 e. The fourth-order valence-electron chi connectivity index (χ4n) is 7.23. The number of anilines is 1. The van der Waals surface area contributed by atoms with Crippen molar-refractivity contribution in [3.63, 3.8) is 0 Å². The summed E-state index contributed by atoms with van der Waals surface area (Å²) in [5, 5.41) is 0. The highest BCUT2D eigenvalue weighted by Crippen LogP contribution is 2.60. The summed E-state index contributed by atoms with van der Waals surface area (Å²) >= 11 is 0. The first-order valence-corrected chi connectivity index (χ1v) is 11.9. The molecule has 4 aliphatic carbocycles. The van der Waals surface area contributed by atoms with Crippen molar-refractivity contribution in [1.29, 1.82) is 0 Å². The number of likely N-dealkylation sites (tertiary alicyclic amines) is 1. The van der Waals surface area contributed by atoms with Gasteiger partial charge in [-0.1, -0.05) is 18.2 Å². The maximum atomic E-state index is 14.2. The molecule has 0 spiro atoms. The Hall–Kier alpha value is -2.21. The quantitative estimate of drug-likeness (QED) is 0.755. The van der Waals surface area contributed by atoms with Crippen molar-refractivity contribution in [3.8, 4) is 0 Å². The number of nitrogens with two attached hydrogens (primary N) is 1. The third kappa shape index (κ3) is 3.49. The van der Waals surface area contributed by atoms with E-state index in [0.29, 0.717) is 36.4 Å². The summed E-state index contributed by atoms with van der Waals surface area (Å²) in [5.41, 5.74) is 6.04. The van der Waals surface area contributed by atoms with Gasteiger partial charge in [-0.3, -0.25) is 14.4 Å². The van der Waals surface area contributed by atoms with Crippen LogP contribution in [0.4, 0.5) is 5.69 Å². The lowest BCUT2D eigenvalue weighted by atomic mass is 9.49. The number of carbonyl (C=O) groups excluding carboxylic acids is 3. The molecule has 0 radical (unpaired) electrons. The van der Waals surface area contributed by atoms with E-state index in [0.717, 1.165) is 25.7 Å². The molecule has 5 fully saturated rings. The fraction of sp³-hybridized carbons (Fsp3) is 0.640. The number of nitrogens with zero attached hydrogens (tertiary/aromatic N) is 2. The Morgan fingerprint density at radius 2 is 1.61 bits per heavy atom. The zero-order valence-electron chi connectivity index (χ0n) is 18.3. The summed E-state index contributed by atoms with van der Waals surface area (Å²) < 4.78 is 0. The lowest BCUT2D eigenvalue weighted by Gasteiger charge is -2.56. The van der Waals surface area contributed by atoms with Crippen molar-refractivity contribution in [2.75, 3.05) is 11.4 Å². The van der Waals surface area contributed by atoms with Gasteiger partial charge in [-0.2, -0.15) is 0 Å².